The molecule has 2 aromatic rings. The summed E-state index contributed by atoms with van der Waals surface area (Å²) < 4.78 is 1.66. The number of nitrogens with one attached hydrogen (secondary N) is 1. The summed E-state index contributed by atoms with van der Waals surface area (Å²) in [5.41, 5.74) is 1.66. The minimum atomic E-state index is -0.192. The maximum Gasteiger partial charge on any atom is 0.238 e. The Hall–Kier alpha value is -1.69. The third kappa shape index (κ3) is 3.41. The molecule has 0 spiro atoms. The molecular formula is C13H15BrN4O. The average molecular weight is 323 g/mol. The van der Waals surface area contributed by atoms with Crippen LogP contribution in [0.2, 0.25) is 0 Å². The lowest BCUT2D eigenvalue weighted by Gasteiger charge is -2.14. The van der Waals surface area contributed by atoms with Crippen LogP contribution in [-0.2, 0) is 4.79 Å². The number of carbonyl (C=O) groups excluding carboxylic acids is 1. The van der Waals surface area contributed by atoms with E-state index in [1.165, 1.54) is 6.33 Å². The van der Waals surface area contributed by atoms with Crippen molar-refractivity contribution in [3.8, 4) is 5.69 Å². The van der Waals surface area contributed by atoms with Gasteiger partial charge < -0.3 is 5.32 Å². The Balaban J connectivity index is 2.05. The molecule has 1 N–H and O–H groups in total. The van der Waals surface area contributed by atoms with E-state index in [4.69, 9.17) is 0 Å². The number of nitrogens with zero attached hydrogens (tertiary/aromatic N) is 3. The van der Waals surface area contributed by atoms with Crippen LogP contribution in [0.15, 0.2) is 36.9 Å². The van der Waals surface area contributed by atoms with Gasteiger partial charge in [0.2, 0.25) is 5.91 Å². The fraction of sp³-hybridized carbons (Fsp3) is 0.308. The van der Waals surface area contributed by atoms with Crippen LogP contribution in [-0.4, -0.2) is 25.5 Å². The topological polar surface area (TPSA) is 59.8 Å². The normalized spacial score (nSPS) is 12.4. The summed E-state index contributed by atoms with van der Waals surface area (Å²) in [6.07, 6.45) is 3.11. The first-order chi connectivity index (χ1) is 9.08. The molecule has 0 aliphatic heterocycles. The second kappa shape index (κ2) is 5.97. The summed E-state index contributed by atoms with van der Waals surface area (Å²) in [5.74, 6) is 0.206. The number of hydrogen-bond acceptors (Lipinski definition) is 3. The Kier molecular flexibility index (Phi) is 4.31. The largest absolute Gasteiger partial charge is 0.325 e. The molecule has 1 amide bonds. The van der Waals surface area contributed by atoms with E-state index >= 15 is 0 Å². The number of alkyl halides is 1. The second-order valence-corrected chi connectivity index (χ2v) is 5.51. The molecular weight excluding hydrogens is 308 g/mol. The quantitative estimate of drug-likeness (QED) is 0.880. The van der Waals surface area contributed by atoms with E-state index in [1.54, 1.807) is 11.0 Å². The first-order valence-corrected chi connectivity index (χ1v) is 6.89. The lowest BCUT2D eigenvalue weighted by Crippen LogP contribution is -2.26. The predicted octanol–water partition coefficient (Wildman–Crippen LogP) is 2.63. The first-order valence-electron chi connectivity index (χ1n) is 5.98. The van der Waals surface area contributed by atoms with E-state index in [-0.39, 0.29) is 16.7 Å². The summed E-state index contributed by atoms with van der Waals surface area (Å²) in [4.78, 5) is 15.6. The lowest BCUT2D eigenvalue weighted by molar-refractivity contribution is -0.116. The highest BCUT2D eigenvalue weighted by molar-refractivity contribution is 9.10. The van der Waals surface area contributed by atoms with Gasteiger partial charge in [0, 0.05) is 5.69 Å². The van der Waals surface area contributed by atoms with Gasteiger partial charge in [0.25, 0.3) is 0 Å². The van der Waals surface area contributed by atoms with E-state index in [0.29, 0.717) is 0 Å². The van der Waals surface area contributed by atoms with Gasteiger partial charge in [-0.05, 0) is 30.2 Å². The van der Waals surface area contributed by atoms with Gasteiger partial charge in [0.05, 0.1) is 10.5 Å². The second-order valence-electron chi connectivity index (χ2n) is 4.52. The van der Waals surface area contributed by atoms with Gasteiger partial charge in [-0.15, -0.1) is 0 Å². The number of halogens is 1. The van der Waals surface area contributed by atoms with Crippen molar-refractivity contribution in [1.82, 2.24) is 14.8 Å². The molecule has 6 heteroatoms. The molecule has 0 fully saturated rings. The molecule has 100 valence electrons. The van der Waals surface area contributed by atoms with Crippen LogP contribution >= 0.6 is 15.9 Å². The van der Waals surface area contributed by atoms with Crippen molar-refractivity contribution in [2.24, 2.45) is 5.92 Å². The molecule has 0 radical (unpaired) electrons. The number of amides is 1. The van der Waals surface area contributed by atoms with Crippen LogP contribution in [0.25, 0.3) is 5.69 Å². The lowest BCUT2D eigenvalue weighted by atomic mass is 10.1. The molecule has 1 unspecified atom stereocenters. The van der Waals surface area contributed by atoms with Crippen molar-refractivity contribution in [2.45, 2.75) is 18.7 Å². The minimum absolute atomic E-state index is 0.0384. The van der Waals surface area contributed by atoms with Crippen LogP contribution in [0.1, 0.15) is 13.8 Å². The average Bonchev–Trinajstić information content (AvgIpc) is 2.92. The van der Waals surface area contributed by atoms with Crippen molar-refractivity contribution < 1.29 is 4.79 Å². The molecule has 1 aromatic heterocycles. The summed E-state index contributed by atoms with van der Waals surface area (Å²) in [7, 11) is 0. The van der Waals surface area contributed by atoms with E-state index in [0.717, 1.165) is 11.4 Å². The van der Waals surface area contributed by atoms with Crippen molar-refractivity contribution in [3.63, 3.8) is 0 Å². The highest BCUT2D eigenvalue weighted by atomic mass is 79.9. The molecule has 0 aliphatic rings. The molecule has 1 aromatic carbocycles. The standard InChI is InChI=1S/C13H15BrN4O/c1-9(2)12(14)13(19)17-10-3-5-11(6-4-10)18-8-15-7-16-18/h3-9,12H,1-2H3,(H,17,19). The highest BCUT2D eigenvalue weighted by Crippen LogP contribution is 2.17. The smallest absolute Gasteiger partial charge is 0.238 e. The Morgan fingerprint density at radius 2 is 2.00 bits per heavy atom. The fourth-order valence-corrected chi connectivity index (χ4v) is 1.67. The molecule has 1 heterocycles. The predicted molar refractivity (Wildman–Crippen MR) is 77.5 cm³/mol. The van der Waals surface area contributed by atoms with E-state index in [9.17, 15) is 4.79 Å². The first kappa shape index (κ1) is 13.7. The Labute approximate surface area is 120 Å². The maximum absolute atomic E-state index is 11.9. The number of hydrogen-bond donors (Lipinski definition) is 1. The SMILES string of the molecule is CC(C)C(Br)C(=O)Nc1ccc(-n2cncn2)cc1. The Morgan fingerprint density at radius 1 is 1.32 bits per heavy atom. The van der Waals surface area contributed by atoms with Crippen molar-refractivity contribution >= 4 is 27.5 Å². The summed E-state index contributed by atoms with van der Waals surface area (Å²) >= 11 is 3.38. The van der Waals surface area contributed by atoms with Gasteiger partial charge >= 0.3 is 0 Å². The number of anilines is 1. The van der Waals surface area contributed by atoms with E-state index in [2.05, 4.69) is 31.3 Å². The zero-order valence-corrected chi connectivity index (χ0v) is 12.3. The Morgan fingerprint density at radius 3 is 2.53 bits per heavy atom. The highest BCUT2D eigenvalue weighted by Gasteiger charge is 2.18. The van der Waals surface area contributed by atoms with Crippen LogP contribution in [0.4, 0.5) is 5.69 Å². The van der Waals surface area contributed by atoms with Gasteiger partial charge in [0.15, 0.2) is 0 Å². The van der Waals surface area contributed by atoms with Crippen LogP contribution in [0.5, 0.6) is 0 Å². The molecule has 5 nitrogen and oxygen atoms in total. The zero-order chi connectivity index (χ0) is 13.8. The number of aromatic nitrogens is 3. The van der Waals surface area contributed by atoms with Gasteiger partial charge in [0.1, 0.15) is 12.7 Å². The zero-order valence-electron chi connectivity index (χ0n) is 10.7. The van der Waals surface area contributed by atoms with E-state index < -0.39 is 0 Å². The van der Waals surface area contributed by atoms with Crippen LogP contribution < -0.4 is 5.32 Å². The van der Waals surface area contributed by atoms with Gasteiger partial charge in [-0.2, -0.15) is 5.10 Å². The molecule has 0 saturated heterocycles. The maximum atomic E-state index is 11.9. The molecule has 0 bridgehead atoms. The van der Waals surface area contributed by atoms with E-state index in [1.807, 2.05) is 38.1 Å². The van der Waals surface area contributed by atoms with Gasteiger partial charge in [-0.1, -0.05) is 29.8 Å². The monoisotopic (exact) mass is 322 g/mol. The molecule has 0 saturated carbocycles. The Bertz CT molecular complexity index is 536. The summed E-state index contributed by atoms with van der Waals surface area (Å²) in [5, 5.41) is 6.90. The third-order valence-corrected chi connectivity index (χ3v) is 4.13. The van der Waals surface area contributed by atoms with Gasteiger partial charge in [-0.3, -0.25) is 4.79 Å². The van der Waals surface area contributed by atoms with Crippen LogP contribution in [0, 0.1) is 5.92 Å². The van der Waals surface area contributed by atoms with Crippen molar-refractivity contribution in [1.29, 1.82) is 0 Å². The fourth-order valence-electron chi connectivity index (χ4n) is 1.55. The van der Waals surface area contributed by atoms with Crippen LogP contribution in [0.3, 0.4) is 0 Å². The van der Waals surface area contributed by atoms with Gasteiger partial charge in [-0.25, -0.2) is 9.67 Å². The molecule has 1 atom stereocenters. The molecule has 2 rings (SSSR count). The number of carbonyl (C=O) groups is 1. The van der Waals surface area contributed by atoms with Crippen molar-refractivity contribution in [2.75, 3.05) is 5.32 Å². The number of rotatable bonds is 4. The molecule has 0 aliphatic carbocycles. The molecule has 19 heavy (non-hydrogen) atoms. The summed E-state index contributed by atoms with van der Waals surface area (Å²) in [6, 6.07) is 7.44. The summed E-state index contributed by atoms with van der Waals surface area (Å²) in [6.45, 7) is 3.99. The van der Waals surface area contributed by atoms with Crippen molar-refractivity contribution in [3.05, 3.63) is 36.9 Å². The minimum Gasteiger partial charge on any atom is -0.325 e. The number of benzene rings is 1. The third-order valence-electron chi connectivity index (χ3n) is 2.65.